The van der Waals surface area contributed by atoms with Crippen molar-refractivity contribution in [3.8, 4) is 0 Å². The van der Waals surface area contributed by atoms with Gasteiger partial charge in [-0.1, -0.05) is 12.1 Å². The number of ether oxygens (including phenoxy) is 1. The maximum atomic E-state index is 12.7. The third-order valence-electron chi connectivity index (χ3n) is 3.90. The molecule has 1 atom stereocenters. The number of nitrogens with zero attached hydrogens (tertiary/aromatic N) is 2. The van der Waals surface area contributed by atoms with E-state index in [-0.39, 0.29) is 11.6 Å². The number of aromatic amines is 1. The van der Waals surface area contributed by atoms with Crippen LogP contribution in [0.3, 0.4) is 0 Å². The van der Waals surface area contributed by atoms with Gasteiger partial charge in [0.05, 0.1) is 24.1 Å². The molecule has 5 nitrogen and oxygen atoms in total. The van der Waals surface area contributed by atoms with E-state index in [4.69, 9.17) is 17.0 Å². The van der Waals surface area contributed by atoms with E-state index in [0.717, 1.165) is 38.4 Å². The molecule has 1 saturated heterocycles. The van der Waals surface area contributed by atoms with Crippen molar-refractivity contribution in [2.24, 2.45) is 0 Å². The molecule has 112 valence electrons. The Labute approximate surface area is 128 Å². The first-order valence-corrected chi connectivity index (χ1v) is 7.61. The van der Waals surface area contributed by atoms with E-state index < -0.39 is 0 Å². The Morgan fingerprint density at radius 2 is 2.05 bits per heavy atom. The van der Waals surface area contributed by atoms with Gasteiger partial charge in [0.1, 0.15) is 0 Å². The Morgan fingerprint density at radius 3 is 2.81 bits per heavy atom. The second-order valence-electron chi connectivity index (χ2n) is 5.41. The van der Waals surface area contributed by atoms with E-state index in [2.05, 4.69) is 9.88 Å². The van der Waals surface area contributed by atoms with Crippen molar-refractivity contribution in [2.75, 3.05) is 32.8 Å². The van der Waals surface area contributed by atoms with Gasteiger partial charge in [0.15, 0.2) is 4.77 Å². The average Bonchev–Trinajstić information content (AvgIpc) is 2.48. The van der Waals surface area contributed by atoms with Gasteiger partial charge in [0.25, 0.3) is 5.56 Å². The predicted molar refractivity (Wildman–Crippen MR) is 85.4 cm³/mol. The van der Waals surface area contributed by atoms with Crippen LogP contribution in [0.2, 0.25) is 0 Å². The molecule has 1 fully saturated rings. The van der Waals surface area contributed by atoms with E-state index >= 15 is 0 Å². The number of para-hydroxylation sites is 1. The molecule has 0 amide bonds. The number of aromatic nitrogens is 2. The summed E-state index contributed by atoms with van der Waals surface area (Å²) in [5.74, 6) is 0. The van der Waals surface area contributed by atoms with Crippen molar-refractivity contribution in [2.45, 2.75) is 13.0 Å². The molecule has 1 unspecified atom stereocenters. The normalized spacial score (nSPS) is 18.0. The summed E-state index contributed by atoms with van der Waals surface area (Å²) in [5.41, 5.74) is 0.775. The summed E-state index contributed by atoms with van der Waals surface area (Å²) in [5, 5.41) is 0.680. The fourth-order valence-corrected chi connectivity index (χ4v) is 3.19. The Kier molecular flexibility index (Phi) is 4.19. The van der Waals surface area contributed by atoms with Crippen LogP contribution in [0, 0.1) is 4.77 Å². The summed E-state index contributed by atoms with van der Waals surface area (Å²) in [4.78, 5) is 18.1. The standard InChI is InChI=1S/C15H19N3O2S/c1-11(10-17-6-8-20-9-7-17)18-14(19)12-4-2-3-5-13(12)16-15(18)21/h2-5,11H,6-10H2,1H3,(H,16,21). The smallest absolute Gasteiger partial charge is 0.262 e. The zero-order valence-corrected chi connectivity index (χ0v) is 12.9. The molecule has 0 aliphatic carbocycles. The fraction of sp³-hybridized carbons (Fsp3) is 0.467. The molecular weight excluding hydrogens is 286 g/mol. The number of morpholine rings is 1. The topological polar surface area (TPSA) is 50.3 Å². The molecule has 0 bridgehead atoms. The highest BCUT2D eigenvalue weighted by atomic mass is 32.1. The number of hydrogen-bond acceptors (Lipinski definition) is 4. The number of fused-ring (bicyclic) bond motifs is 1. The van der Waals surface area contributed by atoms with Gasteiger partial charge < -0.3 is 9.72 Å². The van der Waals surface area contributed by atoms with Crippen molar-refractivity contribution < 1.29 is 4.74 Å². The molecule has 1 aromatic heterocycles. The van der Waals surface area contributed by atoms with E-state index in [0.29, 0.717) is 10.2 Å². The highest BCUT2D eigenvalue weighted by Crippen LogP contribution is 2.12. The molecule has 2 heterocycles. The largest absolute Gasteiger partial charge is 0.379 e. The van der Waals surface area contributed by atoms with Crippen LogP contribution in [0.5, 0.6) is 0 Å². The zero-order chi connectivity index (χ0) is 14.8. The summed E-state index contributed by atoms with van der Waals surface area (Å²) >= 11 is 5.38. The lowest BCUT2D eigenvalue weighted by atomic mass is 10.2. The first-order valence-electron chi connectivity index (χ1n) is 7.20. The molecule has 0 saturated carbocycles. The molecule has 6 heteroatoms. The molecule has 1 aromatic carbocycles. The van der Waals surface area contributed by atoms with Gasteiger partial charge >= 0.3 is 0 Å². The molecule has 21 heavy (non-hydrogen) atoms. The first kappa shape index (κ1) is 14.4. The molecular formula is C15H19N3O2S. The molecule has 0 spiro atoms. The number of rotatable bonds is 3. The van der Waals surface area contributed by atoms with Crippen LogP contribution in [-0.4, -0.2) is 47.3 Å². The lowest BCUT2D eigenvalue weighted by Crippen LogP contribution is -2.41. The van der Waals surface area contributed by atoms with Gasteiger partial charge in [-0.2, -0.15) is 0 Å². The maximum Gasteiger partial charge on any atom is 0.262 e. The van der Waals surface area contributed by atoms with Gasteiger partial charge in [0.2, 0.25) is 0 Å². The number of benzene rings is 1. The Balaban J connectivity index is 1.95. The van der Waals surface area contributed by atoms with Crippen molar-refractivity contribution in [1.29, 1.82) is 0 Å². The van der Waals surface area contributed by atoms with Gasteiger partial charge in [-0.25, -0.2) is 0 Å². The predicted octanol–water partition coefficient (Wildman–Crippen LogP) is 1.95. The second-order valence-corrected chi connectivity index (χ2v) is 5.80. The van der Waals surface area contributed by atoms with Crippen LogP contribution in [-0.2, 0) is 4.74 Å². The zero-order valence-electron chi connectivity index (χ0n) is 12.0. The summed E-state index contributed by atoms with van der Waals surface area (Å²) in [6.07, 6.45) is 0. The molecule has 2 aromatic rings. The van der Waals surface area contributed by atoms with E-state index in [9.17, 15) is 4.79 Å². The van der Waals surface area contributed by atoms with Crippen LogP contribution in [0.4, 0.5) is 0 Å². The van der Waals surface area contributed by atoms with Crippen LogP contribution < -0.4 is 5.56 Å². The van der Waals surface area contributed by atoms with Crippen LogP contribution in [0.25, 0.3) is 10.9 Å². The minimum absolute atomic E-state index is 0.0184. The van der Waals surface area contributed by atoms with Gasteiger partial charge in [0, 0.05) is 25.7 Å². The van der Waals surface area contributed by atoms with Crippen LogP contribution in [0.15, 0.2) is 29.1 Å². The van der Waals surface area contributed by atoms with E-state index in [1.807, 2.05) is 31.2 Å². The van der Waals surface area contributed by atoms with Crippen molar-refractivity contribution >= 4 is 23.1 Å². The van der Waals surface area contributed by atoms with Gasteiger partial charge in [-0.3, -0.25) is 14.3 Å². The Bertz CT molecular complexity index is 746. The van der Waals surface area contributed by atoms with E-state index in [1.165, 1.54) is 0 Å². The van der Waals surface area contributed by atoms with Gasteiger partial charge in [-0.05, 0) is 31.3 Å². The number of hydrogen-bond donors (Lipinski definition) is 1. The number of nitrogens with one attached hydrogen (secondary N) is 1. The third-order valence-corrected chi connectivity index (χ3v) is 4.20. The minimum atomic E-state index is -0.0184. The monoisotopic (exact) mass is 305 g/mol. The second kappa shape index (κ2) is 6.09. The van der Waals surface area contributed by atoms with Crippen molar-refractivity contribution in [3.05, 3.63) is 39.4 Å². The quantitative estimate of drug-likeness (QED) is 0.881. The molecule has 1 N–H and O–H groups in total. The fourth-order valence-electron chi connectivity index (χ4n) is 2.82. The molecule has 1 aliphatic rings. The third kappa shape index (κ3) is 2.92. The molecule has 0 radical (unpaired) electrons. The first-order chi connectivity index (χ1) is 10.2. The maximum absolute atomic E-state index is 12.7. The Morgan fingerprint density at radius 1 is 1.33 bits per heavy atom. The summed E-state index contributed by atoms with van der Waals surface area (Å²) in [6.45, 7) is 6.17. The lowest BCUT2D eigenvalue weighted by molar-refractivity contribution is 0.0323. The molecule has 3 rings (SSSR count). The average molecular weight is 305 g/mol. The highest BCUT2D eigenvalue weighted by Gasteiger charge is 2.17. The van der Waals surface area contributed by atoms with Crippen LogP contribution >= 0.6 is 12.2 Å². The van der Waals surface area contributed by atoms with Gasteiger partial charge in [-0.15, -0.1) is 0 Å². The van der Waals surface area contributed by atoms with Crippen LogP contribution in [0.1, 0.15) is 13.0 Å². The Hall–Kier alpha value is -1.50. The summed E-state index contributed by atoms with van der Waals surface area (Å²) in [6, 6.07) is 7.51. The SMILES string of the molecule is CC(CN1CCOCC1)n1c(=S)[nH]c2ccccc2c1=O. The van der Waals surface area contributed by atoms with Crippen molar-refractivity contribution in [3.63, 3.8) is 0 Å². The summed E-state index contributed by atoms with van der Waals surface area (Å²) in [7, 11) is 0. The number of H-pyrrole nitrogens is 1. The van der Waals surface area contributed by atoms with E-state index in [1.54, 1.807) is 4.57 Å². The van der Waals surface area contributed by atoms with Crippen molar-refractivity contribution in [1.82, 2.24) is 14.5 Å². The minimum Gasteiger partial charge on any atom is -0.379 e. The molecule has 1 aliphatic heterocycles. The summed E-state index contributed by atoms with van der Waals surface area (Å²) < 4.78 is 7.53. The lowest BCUT2D eigenvalue weighted by Gasteiger charge is -2.29. The highest BCUT2D eigenvalue weighted by molar-refractivity contribution is 7.71.